The molecular weight excluding hydrogens is 284 g/mol. The molecule has 1 aliphatic rings. The van der Waals surface area contributed by atoms with Crippen LogP contribution >= 0.6 is 11.6 Å². The van der Waals surface area contributed by atoms with E-state index in [1.165, 1.54) is 32.6 Å². The van der Waals surface area contributed by atoms with Crippen LogP contribution in [0.4, 0.5) is 11.4 Å². The lowest BCUT2D eigenvalue weighted by Gasteiger charge is -2.32. The lowest BCUT2D eigenvalue weighted by molar-refractivity contribution is -0.114. The summed E-state index contributed by atoms with van der Waals surface area (Å²) in [6.07, 6.45) is 5.03. The van der Waals surface area contributed by atoms with Crippen molar-refractivity contribution < 1.29 is 4.79 Å². The van der Waals surface area contributed by atoms with Crippen molar-refractivity contribution in [3.05, 3.63) is 23.2 Å². The van der Waals surface area contributed by atoms with Gasteiger partial charge in [-0.25, -0.2) is 0 Å². The van der Waals surface area contributed by atoms with Crippen LogP contribution in [-0.4, -0.2) is 11.9 Å². The number of carbonyl (C=O) groups is 1. The van der Waals surface area contributed by atoms with Crippen LogP contribution < -0.4 is 10.6 Å². The fraction of sp³-hybridized carbons (Fsp3) is 0.588. The Morgan fingerprint density at radius 1 is 1.24 bits per heavy atom. The molecule has 0 heterocycles. The number of amides is 1. The predicted molar refractivity (Wildman–Crippen MR) is 90.0 cm³/mol. The lowest BCUT2D eigenvalue weighted by Crippen LogP contribution is -2.27. The maximum Gasteiger partial charge on any atom is 0.221 e. The SMILES string of the molecule is CC(=O)Nc1ccc(NC2CCC(C(C)C)CC2)cc1Cl. The Balaban J connectivity index is 1.92. The van der Waals surface area contributed by atoms with Crippen LogP contribution in [0.5, 0.6) is 0 Å². The minimum Gasteiger partial charge on any atom is -0.382 e. The van der Waals surface area contributed by atoms with Crippen LogP contribution in [0, 0.1) is 11.8 Å². The summed E-state index contributed by atoms with van der Waals surface area (Å²) >= 11 is 6.20. The molecule has 0 aliphatic heterocycles. The van der Waals surface area contributed by atoms with Gasteiger partial charge in [0.25, 0.3) is 0 Å². The van der Waals surface area contributed by atoms with E-state index in [4.69, 9.17) is 11.6 Å². The number of benzene rings is 1. The van der Waals surface area contributed by atoms with E-state index in [2.05, 4.69) is 24.5 Å². The molecule has 1 saturated carbocycles. The number of hydrogen-bond donors (Lipinski definition) is 2. The van der Waals surface area contributed by atoms with Crippen molar-refractivity contribution in [3.63, 3.8) is 0 Å². The largest absolute Gasteiger partial charge is 0.382 e. The van der Waals surface area contributed by atoms with E-state index in [0.717, 1.165) is 17.5 Å². The zero-order chi connectivity index (χ0) is 15.4. The van der Waals surface area contributed by atoms with Gasteiger partial charge in [-0.15, -0.1) is 0 Å². The molecule has 0 saturated heterocycles. The Morgan fingerprint density at radius 3 is 2.43 bits per heavy atom. The van der Waals surface area contributed by atoms with E-state index < -0.39 is 0 Å². The van der Waals surface area contributed by atoms with Crippen molar-refractivity contribution >= 4 is 28.9 Å². The molecule has 0 aromatic heterocycles. The van der Waals surface area contributed by atoms with E-state index in [9.17, 15) is 4.79 Å². The Hall–Kier alpha value is -1.22. The Labute approximate surface area is 132 Å². The molecule has 1 aliphatic carbocycles. The zero-order valence-corrected chi connectivity index (χ0v) is 13.8. The molecule has 1 amide bonds. The van der Waals surface area contributed by atoms with Gasteiger partial charge in [-0.05, 0) is 55.7 Å². The van der Waals surface area contributed by atoms with Crippen LogP contribution in [0.15, 0.2) is 18.2 Å². The molecule has 1 fully saturated rings. The average Bonchev–Trinajstić information content (AvgIpc) is 2.42. The van der Waals surface area contributed by atoms with Crippen LogP contribution in [0.3, 0.4) is 0 Å². The second kappa shape index (κ2) is 7.17. The first-order valence-electron chi connectivity index (χ1n) is 7.79. The number of carbonyl (C=O) groups excluding carboxylic acids is 1. The van der Waals surface area contributed by atoms with Crippen molar-refractivity contribution in [1.29, 1.82) is 0 Å². The van der Waals surface area contributed by atoms with E-state index in [1.54, 1.807) is 0 Å². The van der Waals surface area contributed by atoms with Crippen molar-refractivity contribution in [2.75, 3.05) is 10.6 Å². The lowest BCUT2D eigenvalue weighted by atomic mass is 9.79. The molecule has 21 heavy (non-hydrogen) atoms. The summed E-state index contributed by atoms with van der Waals surface area (Å²) in [7, 11) is 0. The first-order valence-corrected chi connectivity index (χ1v) is 8.17. The van der Waals surface area contributed by atoms with Gasteiger partial charge in [0.2, 0.25) is 5.91 Å². The summed E-state index contributed by atoms with van der Waals surface area (Å²) in [6.45, 7) is 6.12. The fourth-order valence-corrected chi connectivity index (χ4v) is 3.29. The number of rotatable bonds is 4. The summed E-state index contributed by atoms with van der Waals surface area (Å²) in [6, 6.07) is 6.25. The van der Waals surface area contributed by atoms with E-state index in [-0.39, 0.29) is 5.91 Å². The first kappa shape index (κ1) is 16.2. The van der Waals surface area contributed by atoms with Gasteiger partial charge in [0.1, 0.15) is 0 Å². The highest BCUT2D eigenvalue weighted by atomic mass is 35.5. The molecule has 3 nitrogen and oxygen atoms in total. The smallest absolute Gasteiger partial charge is 0.221 e. The van der Waals surface area contributed by atoms with Crippen molar-refractivity contribution in [2.45, 2.75) is 52.5 Å². The molecule has 4 heteroatoms. The van der Waals surface area contributed by atoms with Gasteiger partial charge in [-0.3, -0.25) is 4.79 Å². The zero-order valence-electron chi connectivity index (χ0n) is 13.1. The molecule has 1 aromatic rings. The van der Waals surface area contributed by atoms with Gasteiger partial charge < -0.3 is 10.6 Å². The highest BCUT2D eigenvalue weighted by molar-refractivity contribution is 6.34. The fourth-order valence-electron chi connectivity index (χ4n) is 3.06. The number of hydrogen-bond acceptors (Lipinski definition) is 2. The molecule has 0 spiro atoms. The average molecular weight is 309 g/mol. The van der Waals surface area contributed by atoms with Crippen molar-refractivity contribution in [3.8, 4) is 0 Å². The minimum atomic E-state index is -0.107. The third-order valence-corrected chi connectivity index (χ3v) is 4.68. The molecule has 2 rings (SSSR count). The van der Waals surface area contributed by atoms with Crippen molar-refractivity contribution in [1.82, 2.24) is 0 Å². The van der Waals surface area contributed by atoms with Gasteiger partial charge in [-0.1, -0.05) is 25.4 Å². The van der Waals surface area contributed by atoms with Crippen LogP contribution in [0.25, 0.3) is 0 Å². The van der Waals surface area contributed by atoms with Gasteiger partial charge in [0, 0.05) is 18.7 Å². The highest BCUT2D eigenvalue weighted by Crippen LogP contribution is 2.32. The maximum absolute atomic E-state index is 11.1. The van der Waals surface area contributed by atoms with Crippen LogP contribution in [0.1, 0.15) is 46.5 Å². The summed E-state index contributed by atoms with van der Waals surface area (Å²) in [4.78, 5) is 11.1. The third kappa shape index (κ3) is 4.63. The van der Waals surface area contributed by atoms with Gasteiger partial charge in [-0.2, -0.15) is 0 Å². The second-order valence-corrected chi connectivity index (χ2v) is 6.78. The monoisotopic (exact) mass is 308 g/mol. The molecule has 0 atom stereocenters. The van der Waals surface area contributed by atoms with Gasteiger partial charge in [0.15, 0.2) is 0 Å². The quantitative estimate of drug-likeness (QED) is 0.828. The normalized spacial score (nSPS) is 22.1. The molecule has 0 unspecified atom stereocenters. The summed E-state index contributed by atoms with van der Waals surface area (Å²) in [5, 5.41) is 6.86. The molecule has 0 bridgehead atoms. The minimum absolute atomic E-state index is 0.107. The first-order chi connectivity index (χ1) is 9.95. The maximum atomic E-state index is 11.1. The van der Waals surface area contributed by atoms with Crippen molar-refractivity contribution in [2.24, 2.45) is 11.8 Å². The number of anilines is 2. The Bertz CT molecular complexity index is 494. The highest BCUT2D eigenvalue weighted by Gasteiger charge is 2.23. The Morgan fingerprint density at radius 2 is 1.90 bits per heavy atom. The summed E-state index contributed by atoms with van der Waals surface area (Å²) < 4.78 is 0. The standard InChI is InChI=1S/C17H25ClN2O/c1-11(2)13-4-6-14(7-5-13)20-15-8-9-17(16(18)10-15)19-12(3)21/h8-11,13-14,20H,4-7H2,1-3H3,(H,19,21). The van der Waals surface area contributed by atoms with Crippen LogP contribution in [0.2, 0.25) is 5.02 Å². The predicted octanol–water partition coefficient (Wildman–Crippen LogP) is 4.93. The second-order valence-electron chi connectivity index (χ2n) is 6.38. The molecule has 1 aromatic carbocycles. The topological polar surface area (TPSA) is 41.1 Å². The number of nitrogens with one attached hydrogen (secondary N) is 2. The molecular formula is C17H25ClN2O. The van der Waals surface area contributed by atoms with E-state index >= 15 is 0 Å². The molecule has 0 radical (unpaired) electrons. The number of halogens is 1. The van der Waals surface area contributed by atoms with E-state index in [1.807, 2.05) is 18.2 Å². The van der Waals surface area contributed by atoms with Gasteiger partial charge in [0.05, 0.1) is 10.7 Å². The Kier molecular flexibility index (Phi) is 5.51. The summed E-state index contributed by atoms with van der Waals surface area (Å²) in [5.41, 5.74) is 1.69. The van der Waals surface area contributed by atoms with Crippen LogP contribution in [-0.2, 0) is 4.79 Å². The van der Waals surface area contributed by atoms with Gasteiger partial charge >= 0.3 is 0 Å². The summed E-state index contributed by atoms with van der Waals surface area (Å²) in [5.74, 6) is 1.55. The molecule has 116 valence electrons. The van der Waals surface area contributed by atoms with E-state index in [0.29, 0.717) is 16.8 Å². The third-order valence-electron chi connectivity index (χ3n) is 4.37. The molecule has 2 N–H and O–H groups in total.